The average molecular weight is 306 g/mol. The van der Waals surface area contributed by atoms with Gasteiger partial charge in [0.2, 0.25) is 11.8 Å². The molecular formula is C15H22N4O3. The number of aryl methyl sites for hydroxylation is 1. The van der Waals surface area contributed by atoms with Crippen LogP contribution in [0.3, 0.4) is 0 Å². The van der Waals surface area contributed by atoms with E-state index in [9.17, 15) is 9.59 Å². The van der Waals surface area contributed by atoms with Gasteiger partial charge in [0, 0.05) is 12.1 Å². The summed E-state index contributed by atoms with van der Waals surface area (Å²) in [6, 6.07) is 1.62. The first-order chi connectivity index (χ1) is 10.5. The molecule has 1 aromatic rings. The number of fused-ring (bicyclic) bond motifs is 1. The first-order valence-corrected chi connectivity index (χ1v) is 7.83. The Kier molecular flexibility index (Phi) is 4.15. The number of rotatable bonds is 4. The minimum Gasteiger partial charge on any atom is -0.368 e. The van der Waals surface area contributed by atoms with E-state index < -0.39 is 0 Å². The normalized spacial score (nSPS) is 28.3. The number of nitrogens with zero attached hydrogens (tertiary/aromatic N) is 2. The number of nitrogens with two attached hydrogens (primary N) is 1. The van der Waals surface area contributed by atoms with Crippen LogP contribution in [0, 0.1) is 12.8 Å². The van der Waals surface area contributed by atoms with Gasteiger partial charge < -0.3 is 15.6 Å². The van der Waals surface area contributed by atoms with Gasteiger partial charge in [0.05, 0.1) is 12.6 Å². The van der Waals surface area contributed by atoms with Gasteiger partial charge in [0.25, 0.3) is 0 Å². The molecule has 1 aliphatic carbocycles. The van der Waals surface area contributed by atoms with Gasteiger partial charge in [-0.2, -0.15) is 0 Å². The van der Waals surface area contributed by atoms with E-state index in [0.29, 0.717) is 17.5 Å². The lowest BCUT2D eigenvalue weighted by Gasteiger charge is -2.32. The average Bonchev–Trinajstić information content (AvgIpc) is 3.03. The monoisotopic (exact) mass is 306 g/mol. The maximum Gasteiger partial charge on any atom is 0.239 e. The Labute approximate surface area is 129 Å². The van der Waals surface area contributed by atoms with Crippen molar-refractivity contribution in [2.45, 2.75) is 51.1 Å². The van der Waals surface area contributed by atoms with Crippen molar-refractivity contribution in [3.8, 4) is 0 Å². The number of amides is 2. The molecule has 3 N–H and O–H groups in total. The summed E-state index contributed by atoms with van der Waals surface area (Å²) in [7, 11) is 0. The minimum atomic E-state index is -0.335. The molecule has 1 saturated heterocycles. The summed E-state index contributed by atoms with van der Waals surface area (Å²) < 4.78 is 4.93. The largest absolute Gasteiger partial charge is 0.368 e. The number of hydrogen-bond acceptors (Lipinski definition) is 5. The van der Waals surface area contributed by atoms with E-state index >= 15 is 0 Å². The van der Waals surface area contributed by atoms with Gasteiger partial charge in [-0.25, -0.2) is 0 Å². The van der Waals surface area contributed by atoms with E-state index in [2.05, 4.69) is 10.5 Å². The van der Waals surface area contributed by atoms with Crippen LogP contribution in [-0.2, 0) is 9.59 Å². The first kappa shape index (κ1) is 15.0. The molecule has 1 saturated carbocycles. The molecule has 0 bridgehead atoms. The van der Waals surface area contributed by atoms with Gasteiger partial charge in [0.15, 0.2) is 5.82 Å². The Hall–Kier alpha value is -1.89. The lowest BCUT2D eigenvalue weighted by molar-refractivity contribution is -0.124. The Balaban J connectivity index is 1.67. The summed E-state index contributed by atoms with van der Waals surface area (Å²) in [4.78, 5) is 25.9. The van der Waals surface area contributed by atoms with Gasteiger partial charge >= 0.3 is 0 Å². The van der Waals surface area contributed by atoms with Crippen LogP contribution in [-0.4, -0.2) is 40.5 Å². The molecule has 0 unspecified atom stereocenters. The second-order valence-electron chi connectivity index (χ2n) is 6.31. The van der Waals surface area contributed by atoms with Crippen molar-refractivity contribution >= 4 is 17.6 Å². The highest BCUT2D eigenvalue weighted by Crippen LogP contribution is 2.39. The Morgan fingerprint density at radius 3 is 2.91 bits per heavy atom. The van der Waals surface area contributed by atoms with Crippen molar-refractivity contribution in [1.29, 1.82) is 0 Å². The maximum absolute atomic E-state index is 12.2. The van der Waals surface area contributed by atoms with Crippen LogP contribution < -0.4 is 11.1 Å². The molecule has 3 rings (SSSR count). The summed E-state index contributed by atoms with van der Waals surface area (Å²) in [5.74, 6) is 0.995. The molecule has 2 fully saturated rings. The summed E-state index contributed by atoms with van der Waals surface area (Å²) in [5.41, 5.74) is 5.53. The quantitative estimate of drug-likeness (QED) is 0.865. The van der Waals surface area contributed by atoms with E-state index in [1.807, 2.05) is 4.90 Å². The summed E-state index contributed by atoms with van der Waals surface area (Å²) >= 11 is 0. The molecule has 2 amide bonds. The van der Waals surface area contributed by atoms with Crippen LogP contribution in [0.4, 0.5) is 5.82 Å². The number of carbonyl (C=O) groups is 2. The SMILES string of the molecule is Cc1cc(NC(=O)CN2[C@H](C(N)=O)C[C@H]3CCCC[C@@H]32)no1. The maximum atomic E-state index is 12.2. The van der Waals surface area contributed by atoms with Crippen LogP contribution in [0.5, 0.6) is 0 Å². The number of carbonyl (C=O) groups excluding carboxylic acids is 2. The van der Waals surface area contributed by atoms with E-state index in [1.54, 1.807) is 13.0 Å². The van der Waals surface area contributed by atoms with E-state index in [-0.39, 0.29) is 30.4 Å². The Morgan fingerprint density at radius 1 is 1.45 bits per heavy atom. The molecule has 3 atom stereocenters. The fourth-order valence-corrected chi connectivity index (χ4v) is 3.83. The Bertz CT molecular complexity index is 571. The summed E-state index contributed by atoms with van der Waals surface area (Å²) in [5, 5.41) is 6.46. The zero-order valence-electron chi connectivity index (χ0n) is 12.7. The molecule has 2 aliphatic rings. The third-order valence-corrected chi connectivity index (χ3v) is 4.77. The van der Waals surface area contributed by atoms with Crippen LogP contribution >= 0.6 is 0 Å². The second kappa shape index (κ2) is 6.08. The predicted octanol–water partition coefficient (Wildman–Crippen LogP) is 1.04. The highest BCUT2D eigenvalue weighted by molar-refractivity contribution is 5.92. The van der Waals surface area contributed by atoms with Crippen LogP contribution in [0.2, 0.25) is 0 Å². The number of likely N-dealkylation sites (tertiary alicyclic amines) is 1. The number of nitrogens with one attached hydrogen (secondary N) is 1. The first-order valence-electron chi connectivity index (χ1n) is 7.83. The lowest BCUT2D eigenvalue weighted by Crippen LogP contribution is -2.48. The molecule has 0 aromatic carbocycles. The van der Waals surface area contributed by atoms with Crippen molar-refractivity contribution in [3.05, 3.63) is 11.8 Å². The molecule has 120 valence electrons. The third-order valence-electron chi connectivity index (χ3n) is 4.77. The van der Waals surface area contributed by atoms with Gasteiger partial charge in [-0.05, 0) is 32.1 Å². The zero-order chi connectivity index (χ0) is 15.7. The highest BCUT2D eigenvalue weighted by atomic mass is 16.5. The van der Waals surface area contributed by atoms with Crippen molar-refractivity contribution in [2.75, 3.05) is 11.9 Å². The molecular weight excluding hydrogens is 284 g/mol. The molecule has 1 aromatic heterocycles. The smallest absolute Gasteiger partial charge is 0.239 e. The number of primary amides is 1. The van der Waals surface area contributed by atoms with E-state index in [1.165, 1.54) is 6.42 Å². The number of aromatic nitrogens is 1. The lowest BCUT2D eigenvalue weighted by atomic mass is 9.85. The molecule has 7 heteroatoms. The van der Waals surface area contributed by atoms with Gasteiger partial charge in [-0.15, -0.1) is 0 Å². The van der Waals surface area contributed by atoms with Gasteiger partial charge in [-0.3, -0.25) is 14.5 Å². The van der Waals surface area contributed by atoms with E-state index in [0.717, 1.165) is 25.7 Å². The van der Waals surface area contributed by atoms with Crippen LogP contribution in [0.25, 0.3) is 0 Å². The zero-order valence-corrected chi connectivity index (χ0v) is 12.7. The van der Waals surface area contributed by atoms with Gasteiger partial charge in [-0.1, -0.05) is 18.0 Å². The van der Waals surface area contributed by atoms with Crippen LogP contribution in [0.1, 0.15) is 37.9 Å². The molecule has 22 heavy (non-hydrogen) atoms. The summed E-state index contributed by atoms with van der Waals surface area (Å²) in [6.45, 7) is 1.93. The molecule has 2 heterocycles. The van der Waals surface area contributed by atoms with Crippen molar-refractivity contribution in [1.82, 2.24) is 10.1 Å². The third kappa shape index (κ3) is 2.99. The number of anilines is 1. The topological polar surface area (TPSA) is 101 Å². The molecule has 0 radical (unpaired) electrons. The van der Waals surface area contributed by atoms with Crippen molar-refractivity contribution in [2.24, 2.45) is 11.7 Å². The van der Waals surface area contributed by atoms with E-state index in [4.69, 9.17) is 10.3 Å². The molecule has 0 spiro atoms. The standard InChI is InChI=1S/C15H22N4O3/c1-9-6-13(18-22-9)17-14(20)8-19-11-5-3-2-4-10(11)7-12(19)15(16)21/h6,10-12H,2-5,7-8H2,1H3,(H2,16,21)(H,17,18,20)/t10-,11+,12+/m1/s1. The number of hydrogen-bond donors (Lipinski definition) is 2. The fraction of sp³-hybridized carbons (Fsp3) is 0.667. The minimum absolute atomic E-state index is 0.167. The molecule has 1 aliphatic heterocycles. The Morgan fingerprint density at radius 2 is 2.23 bits per heavy atom. The fourth-order valence-electron chi connectivity index (χ4n) is 3.83. The predicted molar refractivity (Wildman–Crippen MR) is 79.9 cm³/mol. The van der Waals surface area contributed by atoms with Crippen molar-refractivity contribution < 1.29 is 14.1 Å². The van der Waals surface area contributed by atoms with Crippen LogP contribution in [0.15, 0.2) is 10.6 Å². The van der Waals surface area contributed by atoms with Crippen molar-refractivity contribution in [3.63, 3.8) is 0 Å². The van der Waals surface area contributed by atoms with Gasteiger partial charge in [0.1, 0.15) is 5.76 Å². The second-order valence-corrected chi connectivity index (χ2v) is 6.31. The summed E-state index contributed by atoms with van der Waals surface area (Å²) in [6.07, 6.45) is 5.27. The molecule has 7 nitrogen and oxygen atoms in total. The highest BCUT2D eigenvalue weighted by Gasteiger charge is 2.44.